The summed E-state index contributed by atoms with van der Waals surface area (Å²) >= 11 is 5.70. The van der Waals surface area contributed by atoms with E-state index in [9.17, 15) is 8.78 Å². The Kier molecular flexibility index (Phi) is 4.46. The van der Waals surface area contributed by atoms with Crippen LogP contribution in [0.4, 0.5) is 8.78 Å². The molecule has 0 bridgehead atoms. The van der Waals surface area contributed by atoms with Crippen LogP contribution in [0.1, 0.15) is 40.0 Å². The second-order valence-corrected chi connectivity index (χ2v) is 3.85. The molecule has 74 valence electrons. The van der Waals surface area contributed by atoms with Crippen molar-refractivity contribution in [3.05, 3.63) is 0 Å². The van der Waals surface area contributed by atoms with E-state index >= 15 is 0 Å². The van der Waals surface area contributed by atoms with Crippen molar-refractivity contribution in [2.24, 2.45) is 5.41 Å². The van der Waals surface area contributed by atoms with Crippen LogP contribution < -0.4 is 0 Å². The first kappa shape index (κ1) is 12.2. The van der Waals surface area contributed by atoms with Gasteiger partial charge >= 0.3 is 0 Å². The zero-order chi connectivity index (χ0) is 9.83. The van der Waals surface area contributed by atoms with Gasteiger partial charge in [0.2, 0.25) is 5.92 Å². The van der Waals surface area contributed by atoms with Gasteiger partial charge in [-0.15, -0.1) is 11.6 Å². The van der Waals surface area contributed by atoms with E-state index in [0.29, 0.717) is 5.88 Å². The average molecular weight is 199 g/mol. The Balaban J connectivity index is 4.30. The minimum atomic E-state index is -2.60. The highest BCUT2D eigenvalue weighted by atomic mass is 35.5. The summed E-state index contributed by atoms with van der Waals surface area (Å²) in [7, 11) is 0. The summed E-state index contributed by atoms with van der Waals surface area (Å²) < 4.78 is 25.4. The van der Waals surface area contributed by atoms with Crippen LogP contribution in [0.2, 0.25) is 0 Å². The average Bonchev–Trinajstić information content (AvgIpc) is 1.99. The van der Waals surface area contributed by atoms with Gasteiger partial charge in [-0.05, 0) is 25.2 Å². The zero-order valence-corrected chi connectivity index (χ0v) is 8.72. The summed E-state index contributed by atoms with van der Waals surface area (Å²) in [5, 5.41) is 0. The lowest BCUT2D eigenvalue weighted by Crippen LogP contribution is -2.29. The molecule has 0 nitrogen and oxygen atoms in total. The van der Waals surface area contributed by atoms with Gasteiger partial charge in [0.25, 0.3) is 0 Å². The Morgan fingerprint density at radius 1 is 1.17 bits per heavy atom. The minimum Gasteiger partial charge on any atom is -0.207 e. The molecule has 0 aliphatic carbocycles. The van der Waals surface area contributed by atoms with Gasteiger partial charge < -0.3 is 0 Å². The van der Waals surface area contributed by atoms with Crippen LogP contribution in [-0.4, -0.2) is 11.8 Å². The second kappa shape index (κ2) is 4.40. The van der Waals surface area contributed by atoms with Crippen LogP contribution in [-0.2, 0) is 0 Å². The van der Waals surface area contributed by atoms with Crippen LogP contribution in [0.5, 0.6) is 0 Å². The maximum Gasteiger partial charge on any atom is 0.246 e. The normalized spacial score (nSPS) is 13.5. The fraction of sp³-hybridized carbons (Fsp3) is 1.00. The van der Waals surface area contributed by atoms with Gasteiger partial charge in [-0.1, -0.05) is 13.8 Å². The van der Waals surface area contributed by atoms with E-state index < -0.39 is 5.92 Å². The monoisotopic (exact) mass is 198 g/mol. The molecule has 0 aromatic carbocycles. The fourth-order valence-corrected chi connectivity index (χ4v) is 1.87. The van der Waals surface area contributed by atoms with Crippen LogP contribution in [0.15, 0.2) is 0 Å². The van der Waals surface area contributed by atoms with E-state index in [4.69, 9.17) is 11.6 Å². The number of hydrogen-bond donors (Lipinski definition) is 0. The number of halogens is 3. The van der Waals surface area contributed by atoms with Gasteiger partial charge in [0.15, 0.2) is 0 Å². The molecule has 0 N–H and O–H groups in total. The van der Waals surface area contributed by atoms with Crippen molar-refractivity contribution in [2.75, 3.05) is 5.88 Å². The number of rotatable bonds is 5. The van der Waals surface area contributed by atoms with Gasteiger partial charge in [-0.25, -0.2) is 8.78 Å². The molecule has 0 spiro atoms. The summed E-state index contributed by atoms with van der Waals surface area (Å²) in [6.07, 6.45) is 1.34. The molecule has 3 heteroatoms. The maximum atomic E-state index is 12.7. The standard InChI is InChI=1S/C9H17ClF2/c1-4-9(5-2,7-10)6-8(3,11)12/h4-7H2,1-3H3. The summed E-state index contributed by atoms with van der Waals surface area (Å²) in [6, 6.07) is 0. The molecular formula is C9H17ClF2. The Bertz CT molecular complexity index is 117. The molecule has 0 heterocycles. The van der Waals surface area contributed by atoms with E-state index in [-0.39, 0.29) is 11.8 Å². The Labute approximate surface area is 78.3 Å². The van der Waals surface area contributed by atoms with Crippen LogP contribution >= 0.6 is 11.6 Å². The third kappa shape index (κ3) is 3.70. The van der Waals surface area contributed by atoms with Gasteiger partial charge in [0, 0.05) is 12.3 Å². The molecule has 0 saturated carbocycles. The van der Waals surface area contributed by atoms with E-state index in [1.807, 2.05) is 13.8 Å². The lowest BCUT2D eigenvalue weighted by Gasteiger charge is -2.31. The third-order valence-electron chi connectivity index (χ3n) is 2.47. The van der Waals surface area contributed by atoms with Gasteiger partial charge in [-0.2, -0.15) is 0 Å². The second-order valence-electron chi connectivity index (χ2n) is 3.59. The molecular weight excluding hydrogens is 182 g/mol. The molecule has 0 aromatic heterocycles. The minimum absolute atomic E-state index is 0.101. The van der Waals surface area contributed by atoms with Crippen molar-refractivity contribution in [2.45, 2.75) is 46.0 Å². The SMILES string of the molecule is CCC(CC)(CCl)CC(C)(F)F. The number of alkyl halides is 3. The molecule has 0 amide bonds. The number of hydrogen-bond acceptors (Lipinski definition) is 0. The molecule has 0 fully saturated rings. The maximum absolute atomic E-state index is 12.7. The summed E-state index contributed by atoms with van der Waals surface area (Å²) in [5.74, 6) is -2.27. The highest BCUT2D eigenvalue weighted by molar-refractivity contribution is 6.18. The van der Waals surface area contributed by atoms with Crippen molar-refractivity contribution < 1.29 is 8.78 Å². The van der Waals surface area contributed by atoms with Crippen molar-refractivity contribution in [1.29, 1.82) is 0 Å². The Morgan fingerprint density at radius 2 is 1.58 bits per heavy atom. The van der Waals surface area contributed by atoms with Crippen molar-refractivity contribution in [3.8, 4) is 0 Å². The third-order valence-corrected chi connectivity index (χ3v) is 3.04. The molecule has 0 aliphatic rings. The molecule has 0 unspecified atom stereocenters. The highest BCUT2D eigenvalue weighted by Gasteiger charge is 2.35. The molecule has 12 heavy (non-hydrogen) atoms. The fourth-order valence-electron chi connectivity index (χ4n) is 1.39. The van der Waals surface area contributed by atoms with E-state index in [1.165, 1.54) is 0 Å². The van der Waals surface area contributed by atoms with Crippen molar-refractivity contribution in [1.82, 2.24) is 0 Å². The first-order chi connectivity index (χ1) is 5.39. The largest absolute Gasteiger partial charge is 0.246 e. The molecule has 0 aliphatic heterocycles. The van der Waals surface area contributed by atoms with Gasteiger partial charge in [-0.3, -0.25) is 0 Å². The molecule has 0 atom stereocenters. The predicted molar refractivity (Wildman–Crippen MR) is 49.0 cm³/mol. The molecule has 0 radical (unpaired) electrons. The van der Waals surface area contributed by atoms with Gasteiger partial charge in [0.05, 0.1) is 0 Å². The lowest BCUT2D eigenvalue weighted by molar-refractivity contribution is -0.0265. The summed E-state index contributed by atoms with van der Waals surface area (Å²) in [6.45, 7) is 4.79. The highest BCUT2D eigenvalue weighted by Crippen LogP contribution is 2.38. The Morgan fingerprint density at radius 3 is 1.67 bits per heavy atom. The van der Waals surface area contributed by atoms with Crippen LogP contribution in [0.3, 0.4) is 0 Å². The Hall–Kier alpha value is 0.150. The quantitative estimate of drug-likeness (QED) is 0.584. The van der Waals surface area contributed by atoms with Crippen LogP contribution in [0, 0.1) is 5.41 Å². The van der Waals surface area contributed by atoms with Crippen molar-refractivity contribution >= 4 is 11.6 Å². The molecule has 0 rings (SSSR count). The molecule has 0 saturated heterocycles. The van der Waals surface area contributed by atoms with Crippen LogP contribution in [0.25, 0.3) is 0 Å². The van der Waals surface area contributed by atoms with E-state index in [1.54, 1.807) is 0 Å². The van der Waals surface area contributed by atoms with E-state index in [2.05, 4.69) is 0 Å². The first-order valence-corrected chi connectivity index (χ1v) is 4.86. The lowest BCUT2D eigenvalue weighted by atomic mass is 9.79. The first-order valence-electron chi connectivity index (χ1n) is 4.33. The molecule has 0 aromatic rings. The van der Waals surface area contributed by atoms with Crippen molar-refractivity contribution in [3.63, 3.8) is 0 Å². The van der Waals surface area contributed by atoms with Gasteiger partial charge in [0.1, 0.15) is 0 Å². The van der Waals surface area contributed by atoms with E-state index in [0.717, 1.165) is 19.8 Å². The smallest absolute Gasteiger partial charge is 0.207 e. The predicted octanol–water partition coefficient (Wildman–Crippen LogP) is 4.08. The summed E-state index contributed by atoms with van der Waals surface area (Å²) in [5.41, 5.74) is -0.375. The topological polar surface area (TPSA) is 0 Å². The summed E-state index contributed by atoms with van der Waals surface area (Å²) in [4.78, 5) is 0. The zero-order valence-electron chi connectivity index (χ0n) is 7.96.